The number of aryl methyl sites for hydroxylation is 1. The highest BCUT2D eigenvalue weighted by molar-refractivity contribution is 5.12. The van der Waals surface area contributed by atoms with Crippen molar-refractivity contribution in [2.24, 2.45) is 0 Å². The van der Waals surface area contributed by atoms with E-state index in [0.29, 0.717) is 0 Å². The molecule has 0 aromatic carbocycles. The zero-order chi connectivity index (χ0) is 14.8. The maximum atomic E-state index is 4.69. The van der Waals surface area contributed by atoms with E-state index in [9.17, 15) is 0 Å². The first kappa shape index (κ1) is 15.5. The predicted molar refractivity (Wildman–Crippen MR) is 84.8 cm³/mol. The standard InChI is InChI=1S/C17H29N3/c1-6-17(7-2)12-18-16(4,5)13-20(17)11-15-10-8-9-14(3)19-15/h8-10,18H,6-7,11-13H2,1-5H3. The summed E-state index contributed by atoms with van der Waals surface area (Å²) >= 11 is 0. The molecule has 0 saturated carbocycles. The largest absolute Gasteiger partial charge is 0.309 e. The fourth-order valence-corrected chi connectivity index (χ4v) is 3.27. The van der Waals surface area contributed by atoms with Crippen LogP contribution >= 0.6 is 0 Å². The van der Waals surface area contributed by atoms with E-state index in [-0.39, 0.29) is 11.1 Å². The molecule has 0 bridgehead atoms. The highest BCUT2D eigenvalue weighted by atomic mass is 15.3. The van der Waals surface area contributed by atoms with Gasteiger partial charge in [-0.3, -0.25) is 9.88 Å². The van der Waals surface area contributed by atoms with Gasteiger partial charge in [-0.25, -0.2) is 0 Å². The van der Waals surface area contributed by atoms with E-state index in [2.05, 4.69) is 68.0 Å². The molecule has 0 radical (unpaired) electrons. The van der Waals surface area contributed by atoms with Gasteiger partial charge in [-0.05, 0) is 45.7 Å². The van der Waals surface area contributed by atoms with Gasteiger partial charge < -0.3 is 5.32 Å². The Morgan fingerprint density at radius 2 is 1.95 bits per heavy atom. The van der Waals surface area contributed by atoms with Crippen molar-refractivity contribution in [2.75, 3.05) is 13.1 Å². The van der Waals surface area contributed by atoms with Crippen LogP contribution in [-0.2, 0) is 6.54 Å². The van der Waals surface area contributed by atoms with Crippen molar-refractivity contribution in [2.45, 2.75) is 65.1 Å². The molecule has 1 aromatic heterocycles. The van der Waals surface area contributed by atoms with E-state index in [1.54, 1.807) is 0 Å². The van der Waals surface area contributed by atoms with Crippen LogP contribution in [0.3, 0.4) is 0 Å². The summed E-state index contributed by atoms with van der Waals surface area (Å²) in [5, 5.41) is 3.72. The predicted octanol–water partition coefficient (Wildman–Crippen LogP) is 3.13. The second kappa shape index (κ2) is 5.82. The van der Waals surface area contributed by atoms with Crippen molar-refractivity contribution in [1.82, 2.24) is 15.2 Å². The van der Waals surface area contributed by atoms with Crippen LogP contribution in [-0.4, -0.2) is 34.1 Å². The third kappa shape index (κ3) is 3.21. The Morgan fingerprint density at radius 1 is 1.25 bits per heavy atom. The van der Waals surface area contributed by atoms with Gasteiger partial charge in [-0.1, -0.05) is 19.9 Å². The van der Waals surface area contributed by atoms with Gasteiger partial charge in [-0.15, -0.1) is 0 Å². The molecule has 20 heavy (non-hydrogen) atoms. The van der Waals surface area contributed by atoms with Crippen LogP contribution in [0.25, 0.3) is 0 Å². The van der Waals surface area contributed by atoms with Crippen LogP contribution in [0.4, 0.5) is 0 Å². The Bertz CT molecular complexity index is 449. The first-order valence-electron chi connectivity index (χ1n) is 7.83. The van der Waals surface area contributed by atoms with Crippen LogP contribution in [0.1, 0.15) is 51.9 Å². The lowest BCUT2D eigenvalue weighted by atomic mass is 9.84. The molecule has 0 aliphatic carbocycles. The topological polar surface area (TPSA) is 28.2 Å². The maximum absolute atomic E-state index is 4.69. The van der Waals surface area contributed by atoms with E-state index in [0.717, 1.165) is 25.3 Å². The molecule has 1 fully saturated rings. The molecule has 0 atom stereocenters. The number of rotatable bonds is 4. The fraction of sp³-hybridized carbons (Fsp3) is 0.706. The zero-order valence-electron chi connectivity index (χ0n) is 13.7. The highest BCUT2D eigenvalue weighted by Gasteiger charge is 2.41. The summed E-state index contributed by atoms with van der Waals surface area (Å²) in [5.74, 6) is 0. The van der Waals surface area contributed by atoms with Crippen molar-refractivity contribution in [3.63, 3.8) is 0 Å². The number of pyridine rings is 1. The highest BCUT2D eigenvalue weighted by Crippen LogP contribution is 2.31. The normalized spacial score (nSPS) is 21.9. The molecule has 1 aliphatic heterocycles. The third-order valence-electron chi connectivity index (χ3n) is 4.77. The molecule has 1 N–H and O–H groups in total. The molecule has 2 rings (SSSR count). The quantitative estimate of drug-likeness (QED) is 0.915. The van der Waals surface area contributed by atoms with E-state index in [1.807, 2.05) is 0 Å². The van der Waals surface area contributed by atoms with Crippen LogP contribution in [0.2, 0.25) is 0 Å². The molecule has 3 nitrogen and oxygen atoms in total. The van der Waals surface area contributed by atoms with Crippen molar-refractivity contribution < 1.29 is 0 Å². The lowest BCUT2D eigenvalue weighted by Crippen LogP contribution is -2.67. The van der Waals surface area contributed by atoms with Crippen molar-refractivity contribution in [3.05, 3.63) is 29.6 Å². The molecular weight excluding hydrogens is 246 g/mol. The van der Waals surface area contributed by atoms with Gasteiger partial charge in [0.15, 0.2) is 0 Å². The van der Waals surface area contributed by atoms with Gasteiger partial charge in [0.2, 0.25) is 0 Å². The molecule has 3 heteroatoms. The summed E-state index contributed by atoms with van der Waals surface area (Å²) in [6.07, 6.45) is 2.36. The molecule has 0 unspecified atom stereocenters. The third-order valence-corrected chi connectivity index (χ3v) is 4.77. The number of nitrogens with one attached hydrogen (secondary N) is 1. The Hall–Kier alpha value is -0.930. The molecule has 1 aliphatic rings. The van der Waals surface area contributed by atoms with Crippen LogP contribution in [0.5, 0.6) is 0 Å². The van der Waals surface area contributed by atoms with E-state index < -0.39 is 0 Å². The summed E-state index contributed by atoms with van der Waals surface area (Å²) in [5.41, 5.74) is 2.74. The molecule has 0 spiro atoms. The number of hydrogen-bond donors (Lipinski definition) is 1. The summed E-state index contributed by atoms with van der Waals surface area (Å²) < 4.78 is 0. The molecule has 2 heterocycles. The lowest BCUT2D eigenvalue weighted by molar-refractivity contribution is 0.00144. The number of piperazine rings is 1. The summed E-state index contributed by atoms with van der Waals surface area (Å²) in [6, 6.07) is 6.33. The van der Waals surface area contributed by atoms with Gasteiger partial charge in [0.25, 0.3) is 0 Å². The lowest BCUT2D eigenvalue weighted by Gasteiger charge is -2.52. The molecule has 0 amide bonds. The Balaban J connectivity index is 2.23. The maximum Gasteiger partial charge on any atom is 0.0547 e. The van der Waals surface area contributed by atoms with Crippen molar-refractivity contribution >= 4 is 0 Å². The second-order valence-electron chi connectivity index (χ2n) is 6.80. The van der Waals surface area contributed by atoms with Gasteiger partial charge in [0, 0.05) is 36.4 Å². The Labute approximate surface area is 123 Å². The van der Waals surface area contributed by atoms with Crippen molar-refractivity contribution in [3.8, 4) is 0 Å². The second-order valence-corrected chi connectivity index (χ2v) is 6.80. The fourth-order valence-electron chi connectivity index (χ4n) is 3.27. The van der Waals surface area contributed by atoms with Gasteiger partial charge in [-0.2, -0.15) is 0 Å². The average Bonchev–Trinajstić information content (AvgIpc) is 2.39. The van der Waals surface area contributed by atoms with Gasteiger partial charge in [0.1, 0.15) is 0 Å². The zero-order valence-corrected chi connectivity index (χ0v) is 13.7. The van der Waals surface area contributed by atoms with Crippen LogP contribution < -0.4 is 5.32 Å². The van der Waals surface area contributed by atoms with E-state index in [4.69, 9.17) is 0 Å². The minimum absolute atomic E-state index is 0.178. The number of nitrogens with zero attached hydrogens (tertiary/aromatic N) is 2. The SMILES string of the molecule is CCC1(CC)CNC(C)(C)CN1Cc1cccc(C)n1. The average molecular weight is 275 g/mol. The first-order chi connectivity index (χ1) is 9.41. The Morgan fingerprint density at radius 3 is 2.55 bits per heavy atom. The minimum atomic E-state index is 0.178. The van der Waals surface area contributed by atoms with Crippen LogP contribution in [0, 0.1) is 6.92 Å². The number of hydrogen-bond acceptors (Lipinski definition) is 3. The minimum Gasteiger partial charge on any atom is -0.309 e. The molecule has 1 saturated heterocycles. The van der Waals surface area contributed by atoms with E-state index in [1.165, 1.54) is 18.5 Å². The summed E-state index contributed by atoms with van der Waals surface area (Å²) in [4.78, 5) is 7.33. The van der Waals surface area contributed by atoms with Crippen molar-refractivity contribution in [1.29, 1.82) is 0 Å². The molecule has 112 valence electrons. The smallest absolute Gasteiger partial charge is 0.0547 e. The van der Waals surface area contributed by atoms with Gasteiger partial charge >= 0.3 is 0 Å². The van der Waals surface area contributed by atoms with Gasteiger partial charge in [0.05, 0.1) is 5.69 Å². The monoisotopic (exact) mass is 275 g/mol. The summed E-state index contributed by atoms with van der Waals surface area (Å²) in [6.45, 7) is 14.4. The molecule has 1 aromatic rings. The number of aromatic nitrogens is 1. The van der Waals surface area contributed by atoms with Crippen LogP contribution in [0.15, 0.2) is 18.2 Å². The Kier molecular flexibility index (Phi) is 4.50. The summed E-state index contributed by atoms with van der Waals surface area (Å²) in [7, 11) is 0. The first-order valence-corrected chi connectivity index (χ1v) is 7.83. The van der Waals surface area contributed by atoms with E-state index >= 15 is 0 Å². The molecular formula is C17H29N3.